The van der Waals surface area contributed by atoms with Crippen molar-refractivity contribution < 1.29 is 17.9 Å². The van der Waals surface area contributed by atoms with E-state index in [1.807, 2.05) is 13.0 Å². The number of aromatic nitrogens is 4. The number of nitrogens with zero attached hydrogens (tertiary/aromatic N) is 5. The number of hydrogen-bond acceptors (Lipinski definition) is 6. The molecule has 4 aromatic rings. The van der Waals surface area contributed by atoms with Gasteiger partial charge in [-0.25, -0.2) is 4.98 Å². The SMILES string of the molecule is Cc1c(C(C)Nc2nn3ncnc3c3ccc(N4C5CCC4COC5)cc23)cccc1C(F)(F)F. The van der Waals surface area contributed by atoms with E-state index in [1.165, 1.54) is 23.9 Å². The molecule has 2 bridgehead atoms. The minimum Gasteiger partial charge on any atom is -0.377 e. The summed E-state index contributed by atoms with van der Waals surface area (Å²) in [4.78, 5) is 6.80. The molecule has 0 amide bonds. The van der Waals surface area contributed by atoms with Crippen molar-refractivity contribution in [3.05, 3.63) is 59.4 Å². The number of nitrogens with one attached hydrogen (secondary N) is 1. The Hall–Kier alpha value is -3.40. The first-order valence-corrected chi connectivity index (χ1v) is 11.7. The third kappa shape index (κ3) is 3.67. The van der Waals surface area contributed by atoms with Gasteiger partial charge in [-0.15, -0.1) is 14.8 Å². The minimum atomic E-state index is -4.41. The van der Waals surface area contributed by atoms with Crippen LogP contribution in [0.3, 0.4) is 0 Å². The van der Waals surface area contributed by atoms with Crippen molar-refractivity contribution in [2.45, 2.75) is 51.0 Å². The van der Waals surface area contributed by atoms with Crippen LogP contribution in [0.5, 0.6) is 0 Å². The highest BCUT2D eigenvalue weighted by Gasteiger charge is 2.37. The molecular formula is C25H25F3N6O. The maximum absolute atomic E-state index is 13.5. The smallest absolute Gasteiger partial charge is 0.377 e. The number of ether oxygens (including phenoxy) is 1. The van der Waals surface area contributed by atoms with Gasteiger partial charge >= 0.3 is 6.18 Å². The lowest BCUT2D eigenvalue weighted by Gasteiger charge is -2.36. The standard InChI is InChI=1S/C25H25F3N6O/c1-14-19(4-3-5-22(14)25(26,27)28)15(2)31-23-21-10-16(33-17-6-7-18(33)12-35-11-17)8-9-20(21)24-29-13-30-34(24)32-23/h3-5,8-10,13,15,17-18H,6-7,11-12H2,1-2H3,(H,31,32). The van der Waals surface area contributed by atoms with Crippen LogP contribution in [-0.2, 0) is 10.9 Å². The van der Waals surface area contributed by atoms with Gasteiger partial charge in [-0.3, -0.25) is 0 Å². The van der Waals surface area contributed by atoms with E-state index in [4.69, 9.17) is 4.74 Å². The Morgan fingerprint density at radius 1 is 1.09 bits per heavy atom. The van der Waals surface area contributed by atoms with Gasteiger partial charge in [0.15, 0.2) is 11.5 Å². The molecule has 10 heteroatoms. The number of fused-ring (bicyclic) bond motifs is 5. The molecule has 0 radical (unpaired) electrons. The predicted molar refractivity (Wildman–Crippen MR) is 127 cm³/mol. The lowest BCUT2D eigenvalue weighted by Crippen LogP contribution is -2.45. The van der Waals surface area contributed by atoms with E-state index in [0.29, 0.717) is 42.3 Å². The molecule has 2 fully saturated rings. The fourth-order valence-corrected chi connectivity index (χ4v) is 5.59. The van der Waals surface area contributed by atoms with Crippen LogP contribution in [0.4, 0.5) is 24.7 Å². The fraction of sp³-hybridized carbons (Fsp3) is 0.400. The summed E-state index contributed by atoms with van der Waals surface area (Å²) in [7, 11) is 0. The summed E-state index contributed by atoms with van der Waals surface area (Å²) >= 11 is 0. The number of morpholine rings is 1. The van der Waals surface area contributed by atoms with Gasteiger partial charge in [-0.2, -0.15) is 13.2 Å². The topological polar surface area (TPSA) is 67.6 Å². The van der Waals surface area contributed by atoms with Crippen LogP contribution in [0.15, 0.2) is 42.7 Å². The number of halogens is 3. The Labute approximate surface area is 199 Å². The van der Waals surface area contributed by atoms with Gasteiger partial charge < -0.3 is 15.0 Å². The molecule has 2 aliphatic heterocycles. The molecule has 1 N–H and O–H groups in total. The predicted octanol–water partition coefficient (Wildman–Crippen LogP) is 5.15. The third-order valence-electron chi connectivity index (χ3n) is 7.26. The molecule has 35 heavy (non-hydrogen) atoms. The van der Waals surface area contributed by atoms with Crippen LogP contribution >= 0.6 is 0 Å². The average Bonchev–Trinajstić information content (AvgIpc) is 3.39. The maximum atomic E-state index is 13.5. The molecule has 0 saturated carbocycles. The lowest BCUT2D eigenvalue weighted by molar-refractivity contribution is -0.138. The quantitative estimate of drug-likeness (QED) is 0.434. The molecule has 2 aromatic heterocycles. The molecule has 7 nitrogen and oxygen atoms in total. The van der Waals surface area contributed by atoms with Crippen LogP contribution < -0.4 is 10.2 Å². The molecule has 6 rings (SSSR count). The van der Waals surface area contributed by atoms with E-state index in [1.54, 1.807) is 6.07 Å². The lowest BCUT2D eigenvalue weighted by atomic mass is 9.97. The molecule has 0 aliphatic carbocycles. The largest absolute Gasteiger partial charge is 0.416 e. The summed E-state index contributed by atoms with van der Waals surface area (Å²) in [5.41, 5.74) is 1.86. The molecule has 2 saturated heterocycles. The van der Waals surface area contributed by atoms with Crippen molar-refractivity contribution >= 4 is 27.9 Å². The Morgan fingerprint density at radius 3 is 2.60 bits per heavy atom. The van der Waals surface area contributed by atoms with Gasteiger partial charge in [0.2, 0.25) is 0 Å². The zero-order valence-corrected chi connectivity index (χ0v) is 19.4. The number of benzene rings is 2. The van der Waals surface area contributed by atoms with Crippen molar-refractivity contribution in [2.75, 3.05) is 23.4 Å². The molecule has 3 atom stereocenters. The van der Waals surface area contributed by atoms with E-state index >= 15 is 0 Å². The average molecular weight is 483 g/mol. The van der Waals surface area contributed by atoms with Gasteiger partial charge in [0.1, 0.15) is 6.33 Å². The second-order valence-electron chi connectivity index (χ2n) is 9.36. The van der Waals surface area contributed by atoms with E-state index in [-0.39, 0.29) is 5.56 Å². The molecule has 2 aliphatic rings. The second-order valence-corrected chi connectivity index (χ2v) is 9.36. The zero-order chi connectivity index (χ0) is 24.3. The first kappa shape index (κ1) is 22.1. The van der Waals surface area contributed by atoms with Crippen LogP contribution in [0, 0.1) is 6.92 Å². The normalized spacial score (nSPS) is 21.1. The zero-order valence-electron chi connectivity index (χ0n) is 19.4. The van der Waals surface area contributed by atoms with E-state index < -0.39 is 17.8 Å². The van der Waals surface area contributed by atoms with Crippen molar-refractivity contribution in [3.8, 4) is 0 Å². The number of rotatable bonds is 4. The highest BCUT2D eigenvalue weighted by Crippen LogP contribution is 2.38. The first-order chi connectivity index (χ1) is 16.8. The van der Waals surface area contributed by atoms with Crippen LogP contribution in [0.25, 0.3) is 16.4 Å². The molecule has 4 heterocycles. The summed E-state index contributed by atoms with van der Waals surface area (Å²) in [5.74, 6) is 0.546. The Balaban J connectivity index is 1.43. The highest BCUT2D eigenvalue weighted by atomic mass is 19.4. The molecule has 0 spiro atoms. The van der Waals surface area contributed by atoms with Crippen molar-refractivity contribution in [1.29, 1.82) is 0 Å². The molecule has 2 aromatic carbocycles. The molecule has 182 valence electrons. The van der Waals surface area contributed by atoms with Crippen LogP contribution in [-0.4, -0.2) is 45.1 Å². The Kier molecular flexibility index (Phi) is 5.10. The van der Waals surface area contributed by atoms with Gasteiger partial charge in [-0.1, -0.05) is 12.1 Å². The van der Waals surface area contributed by atoms with E-state index in [9.17, 15) is 13.2 Å². The van der Waals surface area contributed by atoms with E-state index in [0.717, 1.165) is 35.4 Å². The summed E-state index contributed by atoms with van der Waals surface area (Å²) < 4.78 is 47.7. The highest BCUT2D eigenvalue weighted by molar-refractivity contribution is 6.01. The third-order valence-corrected chi connectivity index (χ3v) is 7.26. The molecular weight excluding hydrogens is 457 g/mol. The number of anilines is 2. The minimum absolute atomic E-state index is 0.205. The number of alkyl halides is 3. The first-order valence-electron chi connectivity index (χ1n) is 11.7. The van der Waals surface area contributed by atoms with Crippen LogP contribution in [0.2, 0.25) is 0 Å². The van der Waals surface area contributed by atoms with Crippen LogP contribution in [0.1, 0.15) is 42.5 Å². The Bertz CT molecular complexity index is 1400. The fourth-order valence-electron chi connectivity index (χ4n) is 5.59. The summed E-state index contributed by atoms with van der Waals surface area (Å²) in [6, 6.07) is 10.8. The van der Waals surface area contributed by atoms with Crippen molar-refractivity contribution in [1.82, 2.24) is 19.8 Å². The van der Waals surface area contributed by atoms with Gasteiger partial charge in [0.05, 0.1) is 36.9 Å². The van der Waals surface area contributed by atoms with Crippen molar-refractivity contribution in [2.24, 2.45) is 0 Å². The van der Waals surface area contributed by atoms with Crippen molar-refractivity contribution in [3.63, 3.8) is 0 Å². The monoisotopic (exact) mass is 482 g/mol. The summed E-state index contributed by atoms with van der Waals surface area (Å²) in [5, 5.41) is 13.9. The number of hydrogen-bond donors (Lipinski definition) is 1. The summed E-state index contributed by atoms with van der Waals surface area (Å²) in [6.07, 6.45) is -0.763. The molecule has 3 unspecified atom stereocenters. The van der Waals surface area contributed by atoms with E-state index in [2.05, 4.69) is 37.5 Å². The Morgan fingerprint density at radius 2 is 1.86 bits per heavy atom. The maximum Gasteiger partial charge on any atom is 0.416 e. The van der Waals surface area contributed by atoms with Gasteiger partial charge in [0.25, 0.3) is 0 Å². The van der Waals surface area contributed by atoms with Gasteiger partial charge in [0, 0.05) is 16.5 Å². The summed E-state index contributed by atoms with van der Waals surface area (Å²) in [6.45, 7) is 4.78. The second kappa shape index (κ2) is 8.08. The van der Waals surface area contributed by atoms with Gasteiger partial charge in [-0.05, 0) is 62.1 Å².